The largest absolute Gasteiger partial charge is 0.367 e. The van der Waals surface area contributed by atoms with E-state index in [1.54, 1.807) is 6.20 Å². The van der Waals surface area contributed by atoms with Gasteiger partial charge in [0.25, 0.3) is 0 Å². The Morgan fingerprint density at radius 2 is 2.17 bits per heavy atom. The molecule has 100 valence electrons. The van der Waals surface area contributed by atoms with E-state index in [1.807, 2.05) is 6.92 Å². The van der Waals surface area contributed by atoms with Gasteiger partial charge >= 0.3 is 0 Å². The fourth-order valence-corrected chi connectivity index (χ4v) is 2.89. The van der Waals surface area contributed by atoms with E-state index in [4.69, 9.17) is 16.3 Å². The molecule has 2 rings (SSSR count). The number of hydrogen-bond donors (Lipinski definition) is 0. The van der Waals surface area contributed by atoms with Gasteiger partial charge in [0.15, 0.2) is 5.82 Å². The highest BCUT2D eigenvalue weighted by Crippen LogP contribution is 2.41. The summed E-state index contributed by atoms with van der Waals surface area (Å²) in [5.74, 6) is 1.51. The first-order valence-electron chi connectivity index (χ1n) is 6.40. The SMILES string of the molecule is CCOC1(c2ncc(I)c(Cl)n2)CCC(C)CC1. The zero-order chi connectivity index (χ0) is 13.2. The zero-order valence-corrected chi connectivity index (χ0v) is 13.7. The molecule has 0 spiro atoms. The fraction of sp³-hybridized carbons (Fsp3) is 0.692. The quantitative estimate of drug-likeness (QED) is 0.583. The van der Waals surface area contributed by atoms with E-state index >= 15 is 0 Å². The molecule has 0 N–H and O–H groups in total. The lowest BCUT2D eigenvalue weighted by Crippen LogP contribution is -2.36. The number of nitrogens with zero attached hydrogens (tertiary/aromatic N) is 2. The van der Waals surface area contributed by atoms with Crippen molar-refractivity contribution in [3.8, 4) is 0 Å². The Kier molecular flexibility index (Phi) is 4.83. The van der Waals surface area contributed by atoms with Crippen LogP contribution in [0.3, 0.4) is 0 Å². The van der Waals surface area contributed by atoms with Gasteiger partial charge in [-0.15, -0.1) is 0 Å². The predicted molar refractivity (Wildman–Crippen MR) is 80.7 cm³/mol. The Morgan fingerprint density at radius 3 is 2.72 bits per heavy atom. The van der Waals surface area contributed by atoms with Gasteiger partial charge in [0.05, 0.1) is 3.57 Å². The summed E-state index contributed by atoms with van der Waals surface area (Å²) in [7, 11) is 0. The van der Waals surface area contributed by atoms with Crippen LogP contribution in [0.4, 0.5) is 0 Å². The van der Waals surface area contributed by atoms with Crippen molar-refractivity contribution in [2.75, 3.05) is 6.61 Å². The Balaban J connectivity index is 2.31. The molecule has 1 aliphatic carbocycles. The van der Waals surface area contributed by atoms with Gasteiger partial charge in [-0.25, -0.2) is 9.97 Å². The second-order valence-corrected chi connectivity index (χ2v) is 6.46. The molecule has 0 aliphatic heterocycles. The van der Waals surface area contributed by atoms with Gasteiger partial charge < -0.3 is 4.74 Å². The standard InChI is InChI=1S/C13H18ClIN2O/c1-3-18-13(6-4-9(2)5-7-13)12-16-8-10(15)11(14)17-12/h8-9H,3-7H2,1-2H3. The maximum Gasteiger partial charge on any atom is 0.162 e. The summed E-state index contributed by atoms with van der Waals surface area (Å²) in [6.07, 6.45) is 6.07. The topological polar surface area (TPSA) is 35.0 Å². The molecule has 0 aromatic carbocycles. The number of hydrogen-bond acceptors (Lipinski definition) is 3. The molecule has 1 aliphatic rings. The molecular formula is C13H18ClIN2O. The van der Waals surface area contributed by atoms with Crippen LogP contribution in [-0.4, -0.2) is 16.6 Å². The maximum absolute atomic E-state index is 6.11. The van der Waals surface area contributed by atoms with Crippen LogP contribution >= 0.6 is 34.2 Å². The van der Waals surface area contributed by atoms with Crippen molar-refractivity contribution in [1.82, 2.24) is 9.97 Å². The van der Waals surface area contributed by atoms with Gasteiger partial charge in [0.2, 0.25) is 0 Å². The molecule has 1 fully saturated rings. The zero-order valence-electron chi connectivity index (χ0n) is 10.7. The van der Waals surface area contributed by atoms with Gasteiger partial charge in [0, 0.05) is 12.8 Å². The summed E-state index contributed by atoms with van der Waals surface area (Å²) in [4.78, 5) is 8.88. The molecule has 1 aromatic heterocycles. The summed E-state index contributed by atoms with van der Waals surface area (Å²) in [5.41, 5.74) is -0.324. The Bertz CT molecular complexity index is 419. The molecule has 1 saturated carbocycles. The van der Waals surface area contributed by atoms with E-state index in [1.165, 1.54) is 0 Å². The lowest BCUT2D eigenvalue weighted by molar-refractivity contribution is -0.0837. The lowest BCUT2D eigenvalue weighted by atomic mass is 9.79. The van der Waals surface area contributed by atoms with Crippen LogP contribution in [0.25, 0.3) is 0 Å². The van der Waals surface area contributed by atoms with E-state index in [-0.39, 0.29) is 5.60 Å². The van der Waals surface area contributed by atoms with Gasteiger partial charge in [-0.3, -0.25) is 0 Å². The van der Waals surface area contributed by atoms with Gasteiger partial charge in [-0.05, 0) is 61.1 Å². The van der Waals surface area contributed by atoms with Crippen molar-refractivity contribution >= 4 is 34.2 Å². The molecule has 5 heteroatoms. The molecule has 0 bridgehead atoms. The van der Waals surface area contributed by atoms with Crippen molar-refractivity contribution in [3.63, 3.8) is 0 Å². The van der Waals surface area contributed by atoms with Crippen molar-refractivity contribution in [1.29, 1.82) is 0 Å². The van der Waals surface area contributed by atoms with Crippen LogP contribution in [0.15, 0.2) is 6.20 Å². The average Bonchev–Trinajstić information content (AvgIpc) is 2.36. The van der Waals surface area contributed by atoms with E-state index in [0.29, 0.717) is 11.8 Å². The molecule has 18 heavy (non-hydrogen) atoms. The summed E-state index contributed by atoms with van der Waals surface area (Å²) in [6.45, 7) is 4.99. The second kappa shape index (κ2) is 6.01. The molecule has 0 amide bonds. The highest BCUT2D eigenvalue weighted by atomic mass is 127. The number of aromatic nitrogens is 2. The highest BCUT2D eigenvalue weighted by Gasteiger charge is 2.39. The van der Waals surface area contributed by atoms with E-state index in [9.17, 15) is 0 Å². The lowest BCUT2D eigenvalue weighted by Gasteiger charge is -2.37. The third kappa shape index (κ3) is 2.96. The van der Waals surface area contributed by atoms with Gasteiger partial charge in [-0.1, -0.05) is 18.5 Å². The minimum absolute atomic E-state index is 0.324. The molecule has 1 heterocycles. The monoisotopic (exact) mass is 380 g/mol. The first-order chi connectivity index (χ1) is 8.57. The van der Waals surface area contributed by atoms with Crippen LogP contribution in [0, 0.1) is 9.49 Å². The van der Waals surface area contributed by atoms with Crippen LogP contribution in [0.1, 0.15) is 45.4 Å². The van der Waals surface area contributed by atoms with Crippen LogP contribution in [0.2, 0.25) is 5.15 Å². The fourth-order valence-electron chi connectivity index (χ4n) is 2.50. The second-order valence-electron chi connectivity index (χ2n) is 4.94. The third-order valence-corrected chi connectivity index (χ3v) is 5.01. The van der Waals surface area contributed by atoms with Gasteiger partial charge in [-0.2, -0.15) is 0 Å². The Hall–Kier alpha value is 0.0600. The first kappa shape index (κ1) is 14.5. The summed E-state index contributed by atoms with van der Waals surface area (Å²) >= 11 is 8.25. The van der Waals surface area contributed by atoms with Crippen molar-refractivity contribution < 1.29 is 4.74 Å². The maximum atomic E-state index is 6.11. The molecule has 1 aromatic rings. The summed E-state index contributed by atoms with van der Waals surface area (Å²) in [5, 5.41) is 0.526. The van der Waals surface area contributed by atoms with E-state index in [0.717, 1.165) is 41.0 Å². The Labute approximate surface area is 127 Å². The minimum Gasteiger partial charge on any atom is -0.367 e. The van der Waals surface area contributed by atoms with E-state index in [2.05, 4.69) is 39.5 Å². The smallest absolute Gasteiger partial charge is 0.162 e. The molecule has 3 nitrogen and oxygen atoms in total. The van der Waals surface area contributed by atoms with Crippen LogP contribution in [0.5, 0.6) is 0 Å². The number of rotatable bonds is 3. The molecule has 0 saturated heterocycles. The van der Waals surface area contributed by atoms with Crippen LogP contribution in [-0.2, 0) is 10.3 Å². The number of ether oxygens (including phenoxy) is 1. The van der Waals surface area contributed by atoms with Crippen molar-refractivity contribution in [3.05, 3.63) is 20.7 Å². The van der Waals surface area contributed by atoms with Gasteiger partial charge in [0.1, 0.15) is 10.8 Å². The average molecular weight is 381 g/mol. The summed E-state index contributed by atoms with van der Waals surface area (Å²) in [6, 6.07) is 0. The Morgan fingerprint density at radius 1 is 1.50 bits per heavy atom. The number of halogens is 2. The minimum atomic E-state index is -0.324. The molecule has 0 atom stereocenters. The normalized spacial score (nSPS) is 28.3. The van der Waals surface area contributed by atoms with Crippen molar-refractivity contribution in [2.45, 2.75) is 45.1 Å². The molecule has 0 unspecified atom stereocenters. The van der Waals surface area contributed by atoms with Crippen LogP contribution < -0.4 is 0 Å². The highest BCUT2D eigenvalue weighted by molar-refractivity contribution is 14.1. The molecule has 0 radical (unpaired) electrons. The molecular weight excluding hydrogens is 363 g/mol. The summed E-state index contributed by atoms with van der Waals surface area (Å²) < 4.78 is 6.90. The van der Waals surface area contributed by atoms with Crippen molar-refractivity contribution in [2.24, 2.45) is 5.92 Å². The van der Waals surface area contributed by atoms with E-state index < -0.39 is 0 Å². The predicted octanol–water partition coefficient (Wildman–Crippen LogP) is 4.18. The third-order valence-electron chi connectivity index (χ3n) is 3.61. The first-order valence-corrected chi connectivity index (χ1v) is 7.85.